The Morgan fingerprint density at radius 1 is 0.967 bits per heavy atom. The summed E-state index contributed by atoms with van der Waals surface area (Å²) < 4.78 is 28.4. The molecule has 2 heterocycles. The van der Waals surface area contributed by atoms with E-state index in [2.05, 4.69) is 4.90 Å². The van der Waals surface area contributed by atoms with Gasteiger partial charge in [-0.15, -0.1) is 0 Å². The molecule has 1 aliphatic rings. The summed E-state index contributed by atoms with van der Waals surface area (Å²) in [6.45, 7) is 4.68. The number of pyridine rings is 1. The fourth-order valence-corrected chi connectivity index (χ4v) is 4.00. The Balaban J connectivity index is 1.56. The average Bonchev–Trinajstić information content (AvgIpc) is 2.77. The molecule has 5 nitrogen and oxygen atoms in total. The van der Waals surface area contributed by atoms with Crippen LogP contribution in [0.2, 0.25) is 0 Å². The molecule has 1 saturated heterocycles. The van der Waals surface area contributed by atoms with E-state index >= 15 is 0 Å². The predicted octanol–water partition coefficient (Wildman–Crippen LogP) is 3.65. The molecule has 1 aliphatic heterocycles. The topological polar surface area (TPSA) is 45.6 Å². The van der Waals surface area contributed by atoms with Crippen LogP contribution in [0.4, 0.5) is 14.5 Å². The summed E-state index contributed by atoms with van der Waals surface area (Å²) >= 11 is 0. The van der Waals surface area contributed by atoms with Gasteiger partial charge in [0.15, 0.2) is 11.6 Å². The number of carbonyl (C=O) groups excluding carboxylic acids is 1. The molecule has 3 aromatic rings. The molecular weight excluding hydrogens is 388 g/mol. The largest absolute Gasteiger partial charge is 0.367 e. The van der Waals surface area contributed by atoms with E-state index < -0.39 is 11.6 Å². The number of carbonyl (C=O) groups is 1. The van der Waals surface area contributed by atoms with Crippen LogP contribution in [0.1, 0.15) is 23.7 Å². The van der Waals surface area contributed by atoms with E-state index in [1.807, 2.05) is 31.2 Å². The van der Waals surface area contributed by atoms with E-state index in [9.17, 15) is 18.4 Å². The maximum Gasteiger partial charge on any atom is 0.254 e. The number of rotatable bonds is 4. The van der Waals surface area contributed by atoms with Gasteiger partial charge in [0.2, 0.25) is 0 Å². The SMILES string of the molecule is CCCn1c(=O)cc(N2CCN(C(=O)c3ccc(F)c(F)c3)CC2)c2ccccc21. The maximum absolute atomic E-state index is 13.5. The molecule has 0 saturated carbocycles. The lowest BCUT2D eigenvalue weighted by Crippen LogP contribution is -2.49. The zero-order chi connectivity index (χ0) is 21.3. The number of aromatic nitrogens is 1. The zero-order valence-electron chi connectivity index (χ0n) is 16.8. The first-order valence-corrected chi connectivity index (χ1v) is 10.1. The van der Waals surface area contributed by atoms with Crippen molar-refractivity contribution in [2.45, 2.75) is 19.9 Å². The summed E-state index contributed by atoms with van der Waals surface area (Å²) in [6.07, 6.45) is 0.869. The number of fused-ring (bicyclic) bond motifs is 1. The summed E-state index contributed by atoms with van der Waals surface area (Å²) in [7, 11) is 0. The fourth-order valence-electron chi connectivity index (χ4n) is 4.00. The van der Waals surface area contributed by atoms with Crippen LogP contribution < -0.4 is 10.5 Å². The van der Waals surface area contributed by atoms with Crippen LogP contribution in [0.5, 0.6) is 0 Å². The molecule has 0 bridgehead atoms. The second kappa shape index (κ2) is 8.26. The molecule has 7 heteroatoms. The normalized spacial score (nSPS) is 14.4. The third-order valence-corrected chi connectivity index (χ3v) is 5.52. The van der Waals surface area contributed by atoms with Crippen molar-refractivity contribution in [2.24, 2.45) is 0 Å². The number of para-hydroxylation sites is 1. The van der Waals surface area contributed by atoms with Crippen molar-refractivity contribution in [3.8, 4) is 0 Å². The molecule has 0 N–H and O–H groups in total. The first kappa shape index (κ1) is 20.1. The minimum Gasteiger partial charge on any atom is -0.367 e. The minimum absolute atomic E-state index is 0.0363. The highest BCUT2D eigenvalue weighted by molar-refractivity contribution is 5.95. The highest BCUT2D eigenvalue weighted by Crippen LogP contribution is 2.26. The monoisotopic (exact) mass is 411 g/mol. The molecule has 0 radical (unpaired) electrons. The van der Waals surface area contributed by atoms with Gasteiger partial charge < -0.3 is 14.4 Å². The Hall–Kier alpha value is -3.22. The summed E-state index contributed by atoms with van der Waals surface area (Å²) in [5.41, 5.74) is 1.87. The molecule has 2 aromatic carbocycles. The molecule has 1 amide bonds. The Kier molecular flexibility index (Phi) is 5.53. The van der Waals surface area contributed by atoms with Gasteiger partial charge in [0.05, 0.1) is 11.2 Å². The maximum atomic E-state index is 13.5. The molecule has 0 aliphatic carbocycles. The van der Waals surface area contributed by atoms with Gasteiger partial charge in [0, 0.05) is 49.7 Å². The second-order valence-electron chi connectivity index (χ2n) is 7.44. The standard InChI is InChI=1S/C23H23F2N3O2/c1-2-9-28-20-6-4-3-5-17(20)21(15-22(28)29)26-10-12-27(13-11-26)23(30)16-7-8-18(24)19(25)14-16/h3-8,14-15H,2,9-13H2,1H3. The van der Waals surface area contributed by atoms with Crippen LogP contribution in [0.25, 0.3) is 10.9 Å². The van der Waals surface area contributed by atoms with Gasteiger partial charge in [0.25, 0.3) is 11.5 Å². The molecule has 30 heavy (non-hydrogen) atoms. The third-order valence-electron chi connectivity index (χ3n) is 5.52. The van der Waals surface area contributed by atoms with Crippen LogP contribution in [-0.4, -0.2) is 41.6 Å². The highest BCUT2D eigenvalue weighted by atomic mass is 19.2. The van der Waals surface area contributed by atoms with Crippen molar-refractivity contribution in [2.75, 3.05) is 31.1 Å². The molecule has 4 rings (SSSR count). The highest BCUT2D eigenvalue weighted by Gasteiger charge is 2.24. The summed E-state index contributed by atoms with van der Waals surface area (Å²) in [6, 6.07) is 12.7. The Morgan fingerprint density at radius 3 is 2.40 bits per heavy atom. The second-order valence-corrected chi connectivity index (χ2v) is 7.44. The van der Waals surface area contributed by atoms with E-state index in [1.54, 1.807) is 15.5 Å². The van der Waals surface area contributed by atoms with Gasteiger partial charge in [-0.05, 0) is 30.7 Å². The number of amides is 1. The Labute approximate surface area is 173 Å². The first-order valence-electron chi connectivity index (χ1n) is 10.1. The lowest BCUT2D eigenvalue weighted by molar-refractivity contribution is 0.0746. The molecule has 0 spiro atoms. The smallest absolute Gasteiger partial charge is 0.254 e. The van der Waals surface area contributed by atoms with Gasteiger partial charge in [-0.25, -0.2) is 8.78 Å². The van der Waals surface area contributed by atoms with Gasteiger partial charge in [-0.1, -0.05) is 25.1 Å². The minimum atomic E-state index is -1.03. The van der Waals surface area contributed by atoms with E-state index in [4.69, 9.17) is 0 Å². The van der Waals surface area contributed by atoms with Crippen molar-refractivity contribution in [1.29, 1.82) is 0 Å². The number of hydrogen-bond donors (Lipinski definition) is 0. The van der Waals surface area contributed by atoms with Gasteiger partial charge in [-0.3, -0.25) is 9.59 Å². The van der Waals surface area contributed by atoms with Gasteiger partial charge >= 0.3 is 0 Å². The number of aryl methyl sites for hydroxylation is 1. The molecular formula is C23H23F2N3O2. The number of halogens is 2. The zero-order valence-corrected chi connectivity index (χ0v) is 16.8. The van der Waals surface area contributed by atoms with Crippen LogP contribution in [0, 0.1) is 11.6 Å². The van der Waals surface area contributed by atoms with Crippen molar-refractivity contribution in [1.82, 2.24) is 9.47 Å². The lowest BCUT2D eigenvalue weighted by Gasteiger charge is -2.36. The summed E-state index contributed by atoms with van der Waals surface area (Å²) in [4.78, 5) is 29.1. The van der Waals surface area contributed by atoms with Crippen molar-refractivity contribution >= 4 is 22.5 Å². The Bertz CT molecular complexity index is 1150. The van der Waals surface area contributed by atoms with Crippen LogP contribution in [0.3, 0.4) is 0 Å². The van der Waals surface area contributed by atoms with E-state index in [0.717, 1.165) is 35.1 Å². The fraction of sp³-hybridized carbons (Fsp3) is 0.304. The van der Waals surface area contributed by atoms with Gasteiger partial charge in [-0.2, -0.15) is 0 Å². The number of benzene rings is 2. The van der Waals surface area contributed by atoms with Crippen molar-refractivity contribution in [3.05, 3.63) is 76.1 Å². The van der Waals surface area contributed by atoms with Crippen LogP contribution in [0.15, 0.2) is 53.3 Å². The number of hydrogen-bond acceptors (Lipinski definition) is 3. The van der Waals surface area contributed by atoms with Crippen LogP contribution >= 0.6 is 0 Å². The molecule has 0 atom stereocenters. The molecule has 1 aromatic heterocycles. The van der Waals surface area contributed by atoms with Crippen LogP contribution in [-0.2, 0) is 6.54 Å². The first-order chi connectivity index (χ1) is 14.5. The quantitative estimate of drug-likeness (QED) is 0.658. The van der Waals surface area contributed by atoms with E-state index in [-0.39, 0.29) is 17.0 Å². The molecule has 156 valence electrons. The van der Waals surface area contributed by atoms with Gasteiger partial charge in [0.1, 0.15) is 0 Å². The predicted molar refractivity (Wildman–Crippen MR) is 113 cm³/mol. The molecule has 0 unspecified atom stereocenters. The summed E-state index contributed by atoms with van der Waals surface area (Å²) in [5, 5.41) is 1.01. The van der Waals surface area contributed by atoms with E-state index in [0.29, 0.717) is 32.7 Å². The Morgan fingerprint density at radius 2 is 1.70 bits per heavy atom. The summed E-state index contributed by atoms with van der Waals surface area (Å²) in [5.74, 6) is -2.32. The van der Waals surface area contributed by atoms with Crippen molar-refractivity contribution < 1.29 is 13.6 Å². The number of nitrogens with zero attached hydrogens (tertiary/aromatic N) is 3. The lowest BCUT2D eigenvalue weighted by atomic mass is 10.1. The number of anilines is 1. The average molecular weight is 411 g/mol. The van der Waals surface area contributed by atoms with Crippen molar-refractivity contribution in [3.63, 3.8) is 0 Å². The molecule has 1 fully saturated rings. The third kappa shape index (κ3) is 3.67. The van der Waals surface area contributed by atoms with E-state index in [1.165, 1.54) is 6.07 Å². The number of piperazine rings is 1.